The van der Waals surface area contributed by atoms with Crippen LogP contribution >= 0.6 is 24.0 Å². The first kappa shape index (κ1) is 18.2. The minimum absolute atomic E-state index is 0. The highest BCUT2D eigenvalue weighted by molar-refractivity contribution is 6.30. The van der Waals surface area contributed by atoms with Crippen LogP contribution in [0.3, 0.4) is 0 Å². The maximum absolute atomic E-state index is 12.5. The Hall–Kier alpha value is -1.55. The van der Waals surface area contributed by atoms with Gasteiger partial charge in [-0.1, -0.05) is 48.0 Å². The predicted molar refractivity (Wildman–Crippen MR) is 103 cm³/mol. The van der Waals surface area contributed by atoms with Gasteiger partial charge in [-0.15, -0.1) is 12.4 Å². The molecule has 2 aromatic carbocycles. The van der Waals surface area contributed by atoms with Crippen molar-refractivity contribution in [1.82, 2.24) is 10.6 Å². The van der Waals surface area contributed by atoms with E-state index in [0.29, 0.717) is 12.5 Å². The second-order valence-corrected chi connectivity index (χ2v) is 7.14. The normalized spacial score (nSPS) is 24.0. The van der Waals surface area contributed by atoms with E-state index in [4.69, 9.17) is 11.6 Å². The molecule has 0 saturated heterocycles. The molecule has 1 saturated carbocycles. The molecule has 1 aliphatic heterocycles. The number of fused-ring (bicyclic) bond motifs is 1. The quantitative estimate of drug-likeness (QED) is 0.850. The smallest absolute Gasteiger partial charge is 0.223 e. The van der Waals surface area contributed by atoms with Crippen LogP contribution in [0.25, 0.3) is 0 Å². The van der Waals surface area contributed by atoms with Crippen molar-refractivity contribution in [2.24, 2.45) is 5.92 Å². The van der Waals surface area contributed by atoms with Gasteiger partial charge in [-0.3, -0.25) is 4.79 Å². The molecule has 3 nitrogen and oxygen atoms in total. The van der Waals surface area contributed by atoms with E-state index >= 15 is 0 Å². The standard InChI is InChI=1S/C20H21ClN2O.ClH/c21-15-6-3-5-14(10-15)17-11-18(17)20(24)23-12-19-16-7-2-1-4-13(16)8-9-22-19;/h1-7,10,17-19,22H,8-9,11-12H2,(H,23,24);1H. The summed E-state index contributed by atoms with van der Waals surface area (Å²) in [7, 11) is 0. The molecule has 132 valence electrons. The van der Waals surface area contributed by atoms with Gasteiger partial charge in [-0.2, -0.15) is 0 Å². The summed E-state index contributed by atoms with van der Waals surface area (Å²) in [5, 5.41) is 7.38. The Labute approximate surface area is 159 Å². The van der Waals surface area contributed by atoms with Crippen LogP contribution in [0.1, 0.15) is 35.1 Å². The maximum atomic E-state index is 12.5. The van der Waals surface area contributed by atoms with Crippen molar-refractivity contribution in [1.29, 1.82) is 0 Å². The summed E-state index contributed by atoms with van der Waals surface area (Å²) in [6, 6.07) is 16.5. The lowest BCUT2D eigenvalue weighted by Gasteiger charge is -2.27. The van der Waals surface area contributed by atoms with E-state index in [2.05, 4.69) is 41.0 Å². The van der Waals surface area contributed by atoms with Crippen molar-refractivity contribution in [3.05, 3.63) is 70.2 Å². The molecule has 3 atom stereocenters. The molecule has 0 bridgehead atoms. The Morgan fingerprint density at radius 3 is 2.88 bits per heavy atom. The van der Waals surface area contributed by atoms with Gasteiger partial charge in [0.15, 0.2) is 0 Å². The number of nitrogens with one attached hydrogen (secondary N) is 2. The molecule has 1 fully saturated rings. The number of carbonyl (C=O) groups excluding carboxylic acids is 1. The lowest BCUT2D eigenvalue weighted by molar-refractivity contribution is -0.122. The van der Waals surface area contributed by atoms with E-state index in [-0.39, 0.29) is 30.3 Å². The molecule has 1 heterocycles. The van der Waals surface area contributed by atoms with Gasteiger partial charge in [-0.25, -0.2) is 0 Å². The molecule has 2 aromatic rings. The van der Waals surface area contributed by atoms with Gasteiger partial charge < -0.3 is 10.6 Å². The van der Waals surface area contributed by atoms with E-state index in [0.717, 1.165) is 24.4 Å². The molecule has 0 radical (unpaired) electrons. The highest BCUT2D eigenvalue weighted by atomic mass is 35.5. The zero-order chi connectivity index (χ0) is 16.5. The third kappa shape index (κ3) is 4.00. The van der Waals surface area contributed by atoms with Crippen molar-refractivity contribution in [2.75, 3.05) is 13.1 Å². The lowest BCUT2D eigenvalue weighted by atomic mass is 9.94. The second kappa shape index (κ2) is 7.77. The van der Waals surface area contributed by atoms with Gasteiger partial charge in [0.1, 0.15) is 0 Å². The fourth-order valence-corrected chi connectivity index (χ4v) is 3.90. The molecular formula is C20H22Cl2N2O. The number of hydrogen-bond donors (Lipinski definition) is 2. The van der Waals surface area contributed by atoms with Crippen LogP contribution < -0.4 is 10.6 Å². The van der Waals surface area contributed by atoms with Gasteiger partial charge in [0.25, 0.3) is 0 Å². The van der Waals surface area contributed by atoms with Crippen molar-refractivity contribution < 1.29 is 4.79 Å². The number of halogens is 2. The minimum Gasteiger partial charge on any atom is -0.354 e. The molecule has 1 amide bonds. The summed E-state index contributed by atoms with van der Waals surface area (Å²) in [5.74, 6) is 0.558. The van der Waals surface area contributed by atoms with E-state index < -0.39 is 0 Å². The first-order valence-corrected chi connectivity index (χ1v) is 8.94. The Morgan fingerprint density at radius 1 is 1.20 bits per heavy atom. The number of rotatable bonds is 4. The first-order valence-electron chi connectivity index (χ1n) is 8.57. The average molecular weight is 377 g/mol. The van der Waals surface area contributed by atoms with Crippen molar-refractivity contribution in [3.63, 3.8) is 0 Å². The van der Waals surface area contributed by atoms with Gasteiger partial charge in [0.2, 0.25) is 5.91 Å². The molecule has 2 N–H and O–H groups in total. The van der Waals surface area contributed by atoms with Crippen LogP contribution in [0.2, 0.25) is 5.02 Å². The molecule has 4 rings (SSSR count). The average Bonchev–Trinajstić information content (AvgIpc) is 3.40. The van der Waals surface area contributed by atoms with Crippen LogP contribution in [0.5, 0.6) is 0 Å². The SMILES string of the molecule is Cl.O=C(NCC1NCCc2ccccc21)C1CC1c1cccc(Cl)c1. The zero-order valence-electron chi connectivity index (χ0n) is 13.9. The Balaban J connectivity index is 0.00000182. The third-order valence-electron chi connectivity index (χ3n) is 5.10. The summed E-state index contributed by atoms with van der Waals surface area (Å²) in [6.45, 7) is 1.61. The van der Waals surface area contributed by atoms with Crippen LogP contribution in [0, 0.1) is 5.92 Å². The van der Waals surface area contributed by atoms with Crippen LogP contribution in [-0.4, -0.2) is 19.0 Å². The topological polar surface area (TPSA) is 41.1 Å². The molecule has 2 aliphatic rings. The molecule has 25 heavy (non-hydrogen) atoms. The highest BCUT2D eigenvalue weighted by Gasteiger charge is 2.44. The van der Waals surface area contributed by atoms with E-state index in [1.165, 1.54) is 16.7 Å². The summed E-state index contributed by atoms with van der Waals surface area (Å²) in [6.07, 6.45) is 1.97. The Bertz CT molecular complexity index is 765. The minimum atomic E-state index is 0. The highest BCUT2D eigenvalue weighted by Crippen LogP contribution is 2.48. The fraction of sp³-hybridized carbons (Fsp3) is 0.350. The van der Waals surface area contributed by atoms with Gasteiger partial charge in [-0.05, 0) is 54.1 Å². The van der Waals surface area contributed by atoms with Crippen LogP contribution in [0.4, 0.5) is 0 Å². The fourth-order valence-electron chi connectivity index (χ4n) is 3.70. The largest absolute Gasteiger partial charge is 0.354 e. The molecule has 0 aromatic heterocycles. The van der Waals surface area contributed by atoms with Crippen molar-refractivity contribution in [3.8, 4) is 0 Å². The Kier molecular flexibility index (Phi) is 5.67. The second-order valence-electron chi connectivity index (χ2n) is 6.70. The number of benzene rings is 2. The number of hydrogen-bond acceptors (Lipinski definition) is 2. The number of amides is 1. The summed E-state index contributed by atoms with van der Waals surface area (Å²) >= 11 is 6.05. The molecule has 0 spiro atoms. The van der Waals surface area contributed by atoms with Crippen molar-refractivity contribution in [2.45, 2.75) is 24.8 Å². The number of carbonyl (C=O) groups is 1. The molecule has 1 aliphatic carbocycles. The summed E-state index contributed by atoms with van der Waals surface area (Å²) in [5.41, 5.74) is 3.87. The predicted octanol–water partition coefficient (Wildman–Crippen LogP) is 3.87. The maximum Gasteiger partial charge on any atom is 0.223 e. The Morgan fingerprint density at radius 2 is 2.04 bits per heavy atom. The van der Waals surface area contributed by atoms with Crippen molar-refractivity contribution >= 4 is 29.9 Å². The summed E-state index contributed by atoms with van der Waals surface area (Å²) in [4.78, 5) is 12.5. The van der Waals surface area contributed by atoms with Gasteiger partial charge in [0, 0.05) is 23.5 Å². The lowest BCUT2D eigenvalue weighted by Crippen LogP contribution is -2.39. The van der Waals surface area contributed by atoms with E-state index in [1.807, 2.05) is 18.2 Å². The monoisotopic (exact) mass is 376 g/mol. The van der Waals surface area contributed by atoms with Crippen LogP contribution in [0.15, 0.2) is 48.5 Å². The zero-order valence-corrected chi connectivity index (χ0v) is 15.4. The third-order valence-corrected chi connectivity index (χ3v) is 5.34. The summed E-state index contributed by atoms with van der Waals surface area (Å²) < 4.78 is 0. The van der Waals surface area contributed by atoms with Gasteiger partial charge in [0.05, 0.1) is 0 Å². The molecular weight excluding hydrogens is 355 g/mol. The van der Waals surface area contributed by atoms with Gasteiger partial charge >= 0.3 is 0 Å². The van der Waals surface area contributed by atoms with E-state index in [9.17, 15) is 4.79 Å². The molecule has 3 unspecified atom stereocenters. The van der Waals surface area contributed by atoms with E-state index in [1.54, 1.807) is 0 Å². The van der Waals surface area contributed by atoms with Crippen LogP contribution in [-0.2, 0) is 11.2 Å². The first-order chi connectivity index (χ1) is 11.7. The molecule has 5 heteroatoms.